The quantitative estimate of drug-likeness (QED) is 0.429. The highest BCUT2D eigenvalue weighted by molar-refractivity contribution is 7.18. The molecule has 3 aromatic rings. The lowest BCUT2D eigenvalue weighted by molar-refractivity contribution is -0.139. The van der Waals surface area contributed by atoms with Crippen molar-refractivity contribution in [2.45, 2.75) is 59.1 Å². The van der Waals surface area contributed by atoms with E-state index in [1.54, 1.807) is 4.90 Å². The van der Waals surface area contributed by atoms with Gasteiger partial charge in [0.15, 0.2) is 0 Å². The number of anilines is 1. The molecule has 0 radical (unpaired) electrons. The molecule has 9 heteroatoms. The van der Waals surface area contributed by atoms with Crippen molar-refractivity contribution in [2.24, 2.45) is 0 Å². The van der Waals surface area contributed by atoms with Gasteiger partial charge in [0, 0.05) is 30.6 Å². The molecule has 2 N–H and O–H groups in total. The van der Waals surface area contributed by atoms with Gasteiger partial charge in [-0.25, -0.2) is 0 Å². The van der Waals surface area contributed by atoms with Crippen LogP contribution in [-0.4, -0.2) is 52.4 Å². The van der Waals surface area contributed by atoms with Gasteiger partial charge in [0.2, 0.25) is 5.13 Å². The molecule has 1 aliphatic rings. The molecule has 1 aromatic heterocycles. The Hall–Kier alpha value is -3.30. The van der Waals surface area contributed by atoms with E-state index in [1.807, 2.05) is 57.2 Å². The Morgan fingerprint density at radius 2 is 1.86 bits per heavy atom. The zero-order valence-electron chi connectivity index (χ0n) is 21.1. The Labute approximate surface area is 215 Å². The van der Waals surface area contributed by atoms with Gasteiger partial charge in [-0.3, -0.25) is 14.5 Å². The van der Waals surface area contributed by atoms with Crippen LogP contribution in [0.15, 0.2) is 36.4 Å². The molecule has 36 heavy (non-hydrogen) atoms. The summed E-state index contributed by atoms with van der Waals surface area (Å²) in [7, 11) is 0. The predicted octanol–water partition coefficient (Wildman–Crippen LogP) is 4.77. The molecular formula is C27H32N4O4S. The number of aliphatic carboxylic acids is 1. The molecule has 0 saturated carbocycles. The fraction of sp³-hybridized carbons (Fsp3) is 0.407. The third-order valence-corrected chi connectivity index (χ3v) is 7.38. The van der Waals surface area contributed by atoms with E-state index in [4.69, 9.17) is 4.74 Å². The average Bonchev–Trinajstić information content (AvgIpc) is 3.52. The summed E-state index contributed by atoms with van der Waals surface area (Å²) in [4.78, 5) is 26.4. The summed E-state index contributed by atoms with van der Waals surface area (Å²) in [6, 6.07) is 11.0. The zero-order chi connectivity index (χ0) is 25.8. The van der Waals surface area contributed by atoms with E-state index in [-0.39, 0.29) is 12.0 Å². The van der Waals surface area contributed by atoms with Crippen LogP contribution in [0.3, 0.4) is 0 Å². The van der Waals surface area contributed by atoms with Crippen LogP contribution in [0.1, 0.15) is 53.2 Å². The molecule has 2 heterocycles. The van der Waals surface area contributed by atoms with Gasteiger partial charge in [0.1, 0.15) is 22.9 Å². The van der Waals surface area contributed by atoms with Crippen molar-refractivity contribution in [3.05, 3.63) is 58.7 Å². The molecule has 2 unspecified atom stereocenters. The fourth-order valence-corrected chi connectivity index (χ4v) is 5.26. The summed E-state index contributed by atoms with van der Waals surface area (Å²) in [5.41, 5.74) is 4.40. The highest BCUT2D eigenvalue weighted by atomic mass is 32.1. The number of carboxylic acid groups (broad SMARTS) is 1. The molecule has 2 atom stereocenters. The summed E-state index contributed by atoms with van der Waals surface area (Å²) < 4.78 is 6.18. The number of aromatic nitrogens is 2. The second kappa shape index (κ2) is 11.2. The molecule has 4 rings (SSSR count). The number of carboxylic acids is 1. The minimum Gasteiger partial charge on any atom is -0.488 e. The topological polar surface area (TPSA) is 105 Å². The normalized spacial score (nSPS) is 17.2. The Kier molecular flexibility index (Phi) is 8.01. The highest BCUT2D eigenvalue weighted by Crippen LogP contribution is 2.35. The van der Waals surface area contributed by atoms with Crippen LogP contribution in [0.25, 0.3) is 10.6 Å². The SMILES string of the molecule is CCCCN(C(=O)c1ccccc1C)c1nnc(-c2cc(C)c(OC3CNC(C(=O)O)C3)c(C)c2)s1. The summed E-state index contributed by atoms with van der Waals surface area (Å²) >= 11 is 1.40. The lowest BCUT2D eigenvalue weighted by Gasteiger charge is -2.20. The van der Waals surface area contributed by atoms with E-state index in [0.29, 0.717) is 30.2 Å². The molecule has 0 aliphatic carbocycles. The Morgan fingerprint density at radius 1 is 1.14 bits per heavy atom. The first kappa shape index (κ1) is 25.8. The lowest BCUT2D eigenvalue weighted by Crippen LogP contribution is -2.32. The van der Waals surface area contributed by atoms with Gasteiger partial charge >= 0.3 is 5.97 Å². The van der Waals surface area contributed by atoms with Gasteiger partial charge in [0.05, 0.1) is 0 Å². The van der Waals surface area contributed by atoms with Crippen molar-refractivity contribution in [3.63, 3.8) is 0 Å². The molecule has 0 bridgehead atoms. The van der Waals surface area contributed by atoms with Gasteiger partial charge in [-0.2, -0.15) is 0 Å². The molecule has 1 fully saturated rings. The smallest absolute Gasteiger partial charge is 0.320 e. The molecule has 1 saturated heterocycles. The van der Waals surface area contributed by atoms with Crippen LogP contribution in [0.5, 0.6) is 5.75 Å². The van der Waals surface area contributed by atoms with Crippen molar-refractivity contribution in [3.8, 4) is 16.3 Å². The lowest BCUT2D eigenvalue weighted by atomic mass is 10.1. The summed E-state index contributed by atoms with van der Waals surface area (Å²) in [6.07, 6.45) is 2.07. The van der Waals surface area contributed by atoms with Crippen LogP contribution >= 0.6 is 11.3 Å². The van der Waals surface area contributed by atoms with E-state index in [9.17, 15) is 14.7 Å². The van der Waals surface area contributed by atoms with Crippen molar-refractivity contribution < 1.29 is 19.4 Å². The number of nitrogens with one attached hydrogen (secondary N) is 1. The number of carbonyl (C=O) groups is 2. The standard InChI is InChI=1S/C27H32N4O4S/c1-5-6-11-31(25(32)21-10-8-7-9-16(21)2)27-30-29-24(36-27)19-12-17(3)23(18(4)13-19)35-20-14-22(26(33)34)28-15-20/h7-10,12-13,20,22,28H,5-6,11,14-15H2,1-4H3,(H,33,34). The number of carbonyl (C=O) groups excluding carboxylic acids is 1. The van der Waals surface area contributed by atoms with E-state index >= 15 is 0 Å². The third-order valence-electron chi connectivity index (χ3n) is 6.38. The zero-order valence-corrected chi connectivity index (χ0v) is 21.9. The van der Waals surface area contributed by atoms with Crippen LogP contribution in [-0.2, 0) is 4.79 Å². The van der Waals surface area contributed by atoms with Gasteiger partial charge in [-0.15, -0.1) is 10.2 Å². The Bertz CT molecular complexity index is 1240. The molecular weight excluding hydrogens is 476 g/mol. The van der Waals surface area contributed by atoms with Crippen molar-refractivity contribution in [1.29, 1.82) is 0 Å². The van der Waals surface area contributed by atoms with E-state index in [1.165, 1.54) is 11.3 Å². The number of nitrogens with zero attached hydrogens (tertiary/aromatic N) is 3. The molecule has 8 nitrogen and oxygen atoms in total. The number of amides is 1. The highest BCUT2D eigenvalue weighted by Gasteiger charge is 2.31. The Morgan fingerprint density at radius 3 is 2.50 bits per heavy atom. The summed E-state index contributed by atoms with van der Waals surface area (Å²) in [5.74, 6) is -0.156. The first-order valence-electron chi connectivity index (χ1n) is 12.2. The number of hydrogen-bond acceptors (Lipinski definition) is 7. The maximum atomic E-state index is 13.4. The van der Waals surface area contributed by atoms with Crippen molar-refractivity contribution >= 4 is 28.3 Å². The molecule has 190 valence electrons. The van der Waals surface area contributed by atoms with E-state index < -0.39 is 12.0 Å². The summed E-state index contributed by atoms with van der Waals surface area (Å²) in [5, 5.41) is 22.3. The monoisotopic (exact) mass is 508 g/mol. The second-order valence-electron chi connectivity index (χ2n) is 9.23. The van der Waals surface area contributed by atoms with Crippen LogP contribution in [0.2, 0.25) is 0 Å². The number of unbranched alkanes of at least 4 members (excludes halogenated alkanes) is 1. The van der Waals surface area contributed by atoms with Gasteiger partial charge in [-0.05, 0) is 62.1 Å². The molecule has 1 aliphatic heterocycles. The maximum Gasteiger partial charge on any atom is 0.320 e. The second-order valence-corrected chi connectivity index (χ2v) is 10.2. The predicted molar refractivity (Wildman–Crippen MR) is 141 cm³/mol. The number of aryl methyl sites for hydroxylation is 3. The van der Waals surface area contributed by atoms with Gasteiger partial charge < -0.3 is 15.2 Å². The van der Waals surface area contributed by atoms with Gasteiger partial charge in [-0.1, -0.05) is 42.9 Å². The largest absolute Gasteiger partial charge is 0.488 e. The first-order chi connectivity index (χ1) is 17.3. The minimum absolute atomic E-state index is 0.0646. The van der Waals surface area contributed by atoms with E-state index in [2.05, 4.69) is 22.4 Å². The summed E-state index contributed by atoms with van der Waals surface area (Å²) in [6.45, 7) is 9.06. The minimum atomic E-state index is -0.856. The number of hydrogen-bond donors (Lipinski definition) is 2. The van der Waals surface area contributed by atoms with Crippen LogP contribution in [0.4, 0.5) is 5.13 Å². The number of benzene rings is 2. The van der Waals surface area contributed by atoms with Crippen LogP contribution < -0.4 is 15.0 Å². The number of ether oxygens (including phenoxy) is 1. The molecule has 0 spiro atoms. The Balaban J connectivity index is 1.56. The molecule has 1 amide bonds. The first-order valence-corrected chi connectivity index (χ1v) is 13.1. The van der Waals surface area contributed by atoms with Crippen molar-refractivity contribution in [1.82, 2.24) is 15.5 Å². The maximum absolute atomic E-state index is 13.4. The van der Waals surface area contributed by atoms with Crippen molar-refractivity contribution in [2.75, 3.05) is 18.0 Å². The average molecular weight is 509 g/mol. The van der Waals surface area contributed by atoms with E-state index in [0.717, 1.165) is 45.9 Å². The number of rotatable bonds is 9. The van der Waals surface area contributed by atoms with Gasteiger partial charge in [0.25, 0.3) is 5.91 Å². The molecule has 2 aromatic carbocycles. The van der Waals surface area contributed by atoms with Crippen LogP contribution in [0, 0.1) is 20.8 Å². The third kappa shape index (κ3) is 5.57. The fourth-order valence-electron chi connectivity index (χ4n) is 4.41.